The maximum absolute atomic E-state index is 13.0. The van der Waals surface area contributed by atoms with Crippen LogP contribution in [0, 0.1) is 6.92 Å². The molecule has 10 heteroatoms. The Kier molecular flexibility index (Phi) is 5.51. The van der Waals surface area contributed by atoms with E-state index in [-0.39, 0.29) is 19.7 Å². The lowest BCUT2D eigenvalue weighted by Crippen LogP contribution is -2.54. The van der Waals surface area contributed by atoms with Gasteiger partial charge in [0.1, 0.15) is 11.6 Å². The molecule has 1 aliphatic heterocycles. The van der Waals surface area contributed by atoms with Crippen molar-refractivity contribution < 1.29 is 22.7 Å². The second-order valence-corrected chi connectivity index (χ2v) is 6.89. The first-order valence-corrected chi connectivity index (χ1v) is 9.20. The summed E-state index contributed by atoms with van der Waals surface area (Å²) in [5, 5.41) is 5.11. The van der Waals surface area contributed by atoms with Gasteiger partial charge in [0, 0.05) is 39.4 Å². The number of ether oxygens (including phenoxy) is 1. The fraction of sp³-hybridized carbons (Fsp3) is 0.611. The number of alkyl halides is 3. The monoisotopic (exact) mass is 399 g/mol. The number of hydrogen-bond donors (Lipinski definition) is 0. The molecule has 3 rings (SSSR count). The van der Waals surface area contributed by atoms with Gasteiger partial charge in [0.2, 0.25) is 0 Å². The molecular weight excluding hydrogens is 375 g/mol. The Morgan fingerprint density at radius 1 is 1.29 bits per heavy atom. The Morgan fingerprint density at radius 3 is 2.50 bits per heavy atom. The fourth-order valence-electron chi connectivity index (χ4n) is 3.62. The van der Waals surface area contributed by atoms with Crippen LogP contribution in [0.4, 0.5) is 18.9 Å². The van der Waals surface area contributed by atoms with Crippen molar-refractivity contribution in [1.82, 2.24) is 19.7 Å². The summed E-state index contributed by atoms with van der Waals surface area (Å²) in [6.45, 7) is 6.15. The van der Waals surface area contributed by atoms with Crippen molar-refractivity contribution in [1.29, 1.82) is 0 Å². The van der Waals surface area contributed by atoms with E-state index in [1.807, 2.05) is 11.8 Å². The summed E-state index contributed by atoms with van der Waals surface area (Å²) in [7, 11) is 1.76. The summed E-state index contributed by atoms with van der Waals surface area (Å²) in [6, 6.07) is -1.50. The molecule has 0 amide bonds. The van der Waals surface area contributed by atoms with Gasteiger partial charge in [-0.2, -0.15) is 18.3 Å². The smallest absolute Gasteiger partial charge is 0.403 e. The van der Waals surface area contributed by atoms with Crippen LogP contribution >= 0.6 is 0 Å². The molecule has 1 saturated heterocycles. The number of carbonyl (C=O) groups is 1. The summed E-state index contributed by atoms with van der Waals surface area (Å²) in [4.78, 5) is 20.2. The number of pyridine rings is 1. The van der Waals surface area contributed by atoms with Crippen molar-refractivity contribution in [3.05, 3.63) is 17.5 Å². The Bertz CT molecular complexity index is 872. The third-order valence-electron chi connectivity index (χ3n) is 5.15. The van der Waals surface area contributed by atoms with Gasteiger partial charge in [-0.05, 0) is 20.8 Å². The average molecular weight is 399 g/mol. The van der Waals surface area contributed by atoms with E-state index < -0.39 is 18.2 Å². The SMILES string of the molecule is CCOC(=O)c1cnc2c(c(C)nn2C)c1N1CCN(C(C)C(F)(F)F)CC1. The van der Waals surface area contributed by atoms with E-state index >= 15 is 0 Å². The molecule has 0 spiro atoms. The predicted octanol–water partition coefficient (Wildman–Crippen LogP) is 2.53. The number of anilines is 1. The van der Waals surface area contributed by atoms with Crippen LogP contribution in [0.2, 0.25) is 0 Å². The zero-order valence-electron chi connectivity index (χ0n) is 16.4. The van der Waals surface area contributed by atoms with Gasteiger partial charge in [0.15, 0.2) is 5.65 Å². The Labute approximate surface area is 161 Å². The van der Waals surface area contributed by atoms with Crippen LogP contribution in [0.1, 0.15) is 29.9 Å². The Balaban J connectivity index is 1.98. The second kappa shape index (κ2) is 7.57. The minimum Gasteiger partial charge on any atom is -0.462 e. The Hall–Kier alpha value is -2.36. The van der Waals surface area contributed by atoms with Crippen LogP contribution < -0.4 is 4.90 Å². The number of piperazine rings is 1. The lowest BCUT2D eigenvalue weighted by molar-refractivity contribution is -0.179. The third-order valence-corrected chi connectivity index (χ3v) is 5.15. The molecule has 0 aromatic carbocycles. The summed E-state index contributed by atoms with van der Waals surface area (Å²) < 4.78 is 45.9. The number of carbonyl (C=O) groups excluding carboxylic acids is 1. The predicted molar refractivity (Wildman–Crippen MR) is 98.5 cm³/mol. The molecule has 28 heavy (non-hydrogen) atoms. The number of fused-ring (bicyclic) bond motifs is 1. The number of nitrogens with zero attached hydrogens (tertiary/aromatic N) is 5. The van der Waals surface area contributed by atoms with Gasteiger partial charge in [-0.25, -0.2) is 9.78 Å². The maximum Gasteiger partial charge on any atom is 0.403 e. The topological polar surface area (TPSA) is 63.5 Å². The van der Waals surface area contributed by atoms with Crippen LogP contribution in [-0.2, 0) is 11.8 Å². The van der Waals surface area contributed by atoms with E-state index in [0.29, 0.717) is 35.7 Å². The number of aromatic nitrogens is 3. The van der Waals surface area contributed by atoms with Crippen LogP contribution in [0.25, 0.3) is 11.0 Å². The van der Waals surface area contributed by atoms with Crippen LogP contribution in [0.15, 0.2) is 6.20 Å². The second-order valence-electron chi connectivity index (χ2n) is 6.89. The first kappa shape index (κ1) is 20.4. The molecule has 1 atom stereocenters. The van der Waals surface area contributed by atoms with Gasteiger partial charge in [-0.3, -0.25) is 9.58 Å². The number of esters is 1. The quantitative estimate of drug-likeness (QED) is 0.737. The van der Waals surface area contributed by atoms with Crippen LogP contribution in [-0.4, -0.2) is 70.6 Å². The fourth-order valence-corrected chi connectivity index (χ4v) is 3.62. The summed E-state index contributed by atoms with van der Waals surface area (Å²) >= 11 is 0. The highest BCUT2D eigenvalue weighted by Crippen LogP contribution is 2.34. The molecule has 2 aromatic rings. The number of halogens is 3. The third kappa shape index (κ3) is 3.65. The van der Waals surface area contributed by atoms with Crippen molar-refractivity contribution in [2.45, 2.75) is 33.0 Å². The highest BCUT2D eigenvalue weighted by atomic mass is 19.4. The van der Waals surface area contributed by atoms with Crippen molar-refractivity contribution in [3.8, 4) is 0 Å². The molecule has 0 aliphatic carbocycles. The number of hydrogen-bond acceptors (Lipinski definition) is 6. The molecule has 1 unspecified atom stereocenters. The molecule has 0 bridgehead atoms. The maximum atomic E-state index is 13.0. The van der Waals surface area contributed by atoms with Crippen molar-refractivity contribution >= 4 is 22.7 Å². The van der Waals surface area contributed by atoms with Crippen LogP contribution in [0.5, 0.6) is 0 Å². The van der Waals surface area contributed by atoms with E-state index in [2.05, 4.69) is 10.1 Å². The van der Waals surface area contributed by atoms with Gasteiger partial charge >= 0.3 is 12.1 Å². The molecule has 154 valence electrons. The molecular formula is C18H24F3N5O2. The van der Waals surface area contributed by atoms with E-state index in [9.17, 15) is 18.0 Å². The largest absolute Gasteiger partial charge is 0.462 e. The van der Waals surface area contributed by atoms with E-state index in [0.717, 1.165) is 5.39 Å². The lowest BCUT2D eigenvalue weighted by Gasteiger charge is -2.40. The summed E-state index contributed by atoms with van der Waals surface area (Å²) in [6.07, 6.45) is -2.80. The highest BCUT2D eigenvalue weighted by Gasteiger charge is 2.41. The minimum absolute atomic E-state index is 0.221. The first-order valence-electron chi connectivity index (χ1n) is 9.20. The van der Waals surface area contributed by atoms with Crippen LogP contribution in [0.3, 0.4) is 0 Å². The average Bonchev–Trinajstić information content (AvgIpc) is 2.94. The van der Waals surface area contributed by atoms with E-state index in [1.54, 1.807) is 18.7 Å². The van der Waals surface area contributed by atoms with Gasteiger partial charge < -0.3 is 9.64 Å². The molecule has 0 radical (unpaired) electrons. The minimum atomic E-state index is -4.26. The van der Waals surface area contributed by atoms with Crippen molar-refractivity contribution in [3.63, 3.8) is 0 Å². The molecule has 7 nitrogen and oxygen atoms in total. The van der Waals surface area contributed by atoms with Gasteiger partial charge in [-0.15, -0.1) is 0 Å². The van der Waals surface area contributed by atoms with E-state index in [1.165, 1.54) is 18.0 Å². The molecule has 1 aliphatic rings. The van der Waals surface area contributed by atoms with Gasteiger partial charge in [-0.1, -0.05) is 0 Å². The van der Waals surface area contributed by atoms with Crippen molar-refractivity contribution in [2.24, 2.45) is 7.05 Å². The van der Waals surface area contributed by atoms with Gasteiger partial charge in [0.25, 0.3) is 0 Å². The summed E-state index contributed by atoms with van der Waals surface area (Å²) in [5.41, 5.74) is 2.26. The first-order chi connectivity index (χ1) is 13.1. The van der Waals surface area contributed by atoms with Crippen molar-refractivity contribution in [2.75, 3.05) is 37.7 Å². The molecule has 1 fully saturated rings. The highest BCUT2D eigenvalue weighted by molar-refractivity contribution is 6.05. The lowest BCUT2D eigenvalue weighted by atomic mass is 10.1. The molecule has 0 N–H and O–H groups in total. The molecule has 2 aromatic heterocycles. The summed E-state index contributed by atoms with van der Waals surface area (Å²) in [5.74, 6) is -0.499. The Morgan fingerprint density at radius 2 is 1.93 bits per heavy atom. The van der Waals surface area contributed by atoms with Gasteiger partial charge in [0.05, 0.1) is 23.4 Å². The zero-order chi connectivity index (χ0) is 20.6. The zero-order valence-corrected chi connectivity index (χ0v) is 16.4. The standard InChI is InChI=1S/C18H24F3N5O2/c1-5-28-17(27)13-10-22-16-14(11(2)23-24(16)4)15(13)26-8-6-25(7-9-26)12(3)18(19,20)21/h10,12H,5-9H2,1-4H3. The molecule has 0 saturated carbocycles. The normalized spacial score (nSPS) is 17.2. The molecule has 3 heterocycles. The number of rotatable bonds is 4. The van der Waals surface area contributed by atoms with E-state index in [4.69, 9.17) is 4.74 Å². The number of aryl methyl sites for hydroxylation is 2.